The molecule has 2 rings (SSSR count). The molecule has 158 valence electrons. The van der Waals surface area contributed by atoms with Gasteiger partial charge in [0.05, 0.1) is 30.8 Å². The number of carbonyl (C=O) groups excluding carboxylic acids is 1. The summed E-state index contributed by atoms with van der Waals surface area (Å²) in [6.45, 7) is 8.16. The van der Waals surface area contributed by atoms with Gasteiger partial charge in [0.2, 0.25) is 10.0 Å². The van der Waals surface area contributed by atoms with Crippen molar-refractivity contribution < 1.29 is 27.4 Å². The average molecular weight is 422 g/mol. The SMILES string of the molecule is CCOc1ccc([C@@H](C)NS(=O)(=O)c2ccc(C)c(C(=O)OC)c2)cc1OCC. The standard InChI is InChI=1S/C21H27NO6S/c1-6-27-19-11-9-16(12-20(19)28-7-2)15(4)22-29(24,25)17-10-8-14(3)18(13-17)21(23)26-5/h8-13,15,22H,6-7H2,1-5H3/t15-/m1/s1. The lowest BCUT2D eigenvalue weighted by Gasteiger charge is -2.18. The summed E-state index contributed by atoms with van der Waals surface area (Å²) in [4.78, 5) is 11.9. The second-order valence-electron chi connectivity index (χ2n) is 6.38. The van der Waals surface area contributed by atoms with Crippen LogP contribution in [0.3, 0.4) is 0 Å². The predicted molar refractivity (Wildman–Crippen MR) is 110 cm³/mol. The number of sulfonamides is 1. The number of esters is 1. The van der Waals surface area contributed by atoms with Gasteiger partial charge in [-0.15, -0.1) is 0 Å². The first kappa shape index (κ1) is 22.7. The fourth-order valence-corrected chi connectivity index (χ4v) is 4.06. The van der Waals surface area contributed by atoms with E-state index >= 15 is 0 Å². The van der Waals surface area contributed by atoms with Gasteiger partial charge in [-0.1, -0.05) is 12.1 Å². The average Bonchev–Trinajstić information content (AvgIpc) is 2.68. The Bertz CT molecular complexity index is 971. The number of hydrogen-bond acceptors (Lipinski definition) is 6. The molecule has 0 aliphatic carbocycles. The number of nitrogens with one attached hydrogen (secondary N) is 1. The second-order valence-corrected chi connectivity index (χ2v) is 8.10. The van der Waals surface area contributed by atoms with Gasteiger partial charge in [0.15, 0.2) is 11.5 Å². The lowest BCUT2D eigenvalue weighted by atomic mass is 10.1. The van der Waals surface area contributed by atoms with E-state index in [-0.39, 0.29) is 10.5 Å². The third-order valence-corrected chi connectivity index (χ3v) is 5.86. The van der Waals surface area contributed by atoms with Crippen molar-refractivity contribution in [3.05, 3.63) is 53.1 Å². The lowest BCUT2D eigenvalue weighted by Crippen LogP contribution is -2.27. The molecule has 2 aromatic rings. The fourth-order valence-electron chi connectivity index (χ4n) is 2.80. The molecule has 0 bridgehead atoms. The highest BCUT2D eigenvalue weighted by atomic mass is 32.2. The number of methoxy groups -OCH3 is 1. The summed E-state index contributed by atoms with van der Waals surface area (Å²) in [5, 5.41) is 0. The Balaban J connectivity index is 2.31. The first-order valence-electron chi connectivity index (χ1n) is 9.34. The van der Waals surface area contributed by atoms with Crippen LogP contribution in [0.25, 0.3) is 0 Å². The molecule has 0 amide bonds. The van der Waals surface area contributed by atoms with E-state index in [9.17, 15) is 13.2 Å². The number of rotatable bonds is 9. The summed E-state index contributed by atoms with van der Waals surface area (Å²) in [6, 6.07) is 9.14. The monoisotopic (exact) mass is 421 g/mol. The van der Waals surface area contributed by atoms with Crippen LogP contribution in [0, 0.1) is 6.92 Å². The highest BCUT2D eigenvalue weighted by Gasteiger charge is 2.22. The van der Waals surface area contributed by atoms with E-state index in [2.05, 4.69) is 4.72 Å². The minimum atomic E-state index is -3.86. The van der Waals surface area contributed by atoms with Gasteiger partial charge in [-0.3, -0.25) is 0 Å². The quantitative estimate of drug-likeness (QED) is 0.622. The molecule has 0 heterocycles. The molecule has 8 heteroatoms. The summed E-state index contributed by atoms with van der Waals surface area (Å²) >= 11 is 0. The van der Waals surface area contributed by atoms with Crippen LogP contribution in [0.5, 0.6) is 11.5 Å². The van der Waals surface area contributed by atoms with Crippen molar-refractivity contribution in [3.8, 4) is 11.5 Å². The largest absolute Gasteiger partial charge is 0.490 e. The van der Waals surface area contributed by atoms with Crippen molar-refractivity contribution in [1.29, 1.82) is 0 Å². The van der Waals surface area contributed by atoms with Crippen molar-refractivity contribution in [2.24, 2.45) is 0 Å². The number of ether oxygens (including phenoxy) is 3. The van der Waals surface area contributed by atoms with E-state index in [0.29, 0.717) is 30.3 Å². The van der Waals surface area contributed by atoms with Crippen molar-refractivity contribution >= 4 is 16.0 Å². The zero-order chi connectivity index (χ0) is 21.6. The van der Waals surface area contributed by atoms with E-state index in [4.69, 9.17) is 14.2 Å². The van der Waals surface area contributed by atoms with Crippen molar-refractivity contribution in [2.75, 3.05) is 20.3 Å². The molecule has 0 unspecified atom stereocenters. The molecule has 29 heavy (non-hydrogen) atoms. The maximum absolute atomic E-state index is 12.9. The first-order valence-corrected chi connectivity index (χ1v) is 10.8. The minimum absolute atomic E-state index is 0.00804. The number of aryl methyl sites for hydroxylation is 1. The molecule has 0 spiro atoms. The van der Waals surface area contributed by atoms with Crippen LogP contribution in [0.15, 0.2) is 41.3 Å². The van der Waals surface area contributed by atoms with E-state index in [1.54, 1.807) is 38.1 Å². The van der Waals surface area contributed by atoms with Gasteiger partial charge in [0.1, 0.15) is 0 Å². The summed E-state index contributed by atoms with van der Waals surface area (Å²) in [5.41, 5.74) is 1.57. The van der Waals surface area contributed by atoms with Crippen LogP contribution in [-0.2, 0) is 14.8 Å². The van der Waals surface area contributed by atoms with Crippen molar-refractivity contribution in [3.63, 3.8) is 0 Å². The zero-order valence-corrected chi connectivity index (χ0v) is 18.1. The number of carbonyl (C=O) groups is 1. The highest BCUT2D eigenvalue weighted by Crippen LogP contribution is 2.31. The Morgan fingerprint density at radius 3 is 2.31 bits per heavy atom. The topological polar surface area (TPSA) is 90.9 Å². The Kier molecular flexibility index (Phi) is 7.64. The molecule has 0 aliphatic rings. The molecule has 1 N–H and O–H groups in total. The molecule has 0 saturated carbocycles. The maximum atomic E-state index is 12.9. The van der Waals surface area contributed by atoms with Crippen molar-refractivity contribution in [1.82, 2.24) is 4.72 Å². The van der Waals surface area contributed by atoms with E-state index in [1.807, 2.05) is 13.8 Å². The normalized spacial score (nSPS) is 12.3. The molecule has 0 saturated heterocycles. The van der Waals surface area contributed by atoms with E-state index in [0.717, 1.165) is 5.56 Å². The van der Waals surface area contributed by atoms with Crippen LogP contribution < -0.4 is 14.2 Å². The van der Waals surface area contributed by atoms with E-state index in [1.165, 1.54) is 19.2 Å². The molecule has 0 aromatic heterocycles. The van der Waals surface area contributed by atoms with Crippen LogP contribution in [0.2, 0.25) is 0 Å². The van der Waals surface area contributed by atoms with Gasteiger partial charge in [-0.2, -0.15) is 0 Å². The smallest absolute Gasteiger partial charge is 0.338 e. The molecule has 1 atom stereocenters. The highest BCUT2D eigenvalue weighted by molar-refractivity contribution is 7.89. The van der Waals surface area contributed by atoms with Gasteiger partial charge < -0.3 is 14.2 Å². The summed E-state index contributed by atoms with van der Waals surface area (Å²) in [6.07, 6.45) is 0. The molecular formula is C21H27NO6S. The maximum Gasteiger partial charge on any atom is 0.338 e. The molecule has 7 nitrogen and oxygen atoms in total. The van der Waals surface area contributed by atoms with Gasteiger partial charge in [0.25, 0.3) is 0 Å². The van der Waals surface area contributed by atoms with Crippen LogP contribution in [0.4, 0.5) is 0 Å². The van der Waals surface area contributed by atoms with Gasteiger partial charge >= 0.3 is 5.97 Å². The van der Waals surface area contributed by atoms with Gasteiger partial charge in [0, 0.05) is 6.04 Å². The van der Waals surface area contributed by atoms with Gasteiger partial charge in [-0.05, 0) is 63.1 Å². The molecule has 2 aromatic carbocycles. The van der Waals surface area contributed by atoms with Crippen LogP contribution in [-0.4, -0.2) is 34.7 Å². The second kappa shape index (κ2) is 9.76. The summed E-state index contributed by atoms with van der Waals surface area (Å²) in [7, 11) is -2.61. The lowest BCUT2D eigenvalue weighted by molar-refractivity contribution is 0.0599. The van der Waals surface area contributed by atoms with E-state index < -0.39 is 22.0 Å². The first-order chi connectivity index (χ1) is 13.7. The Labute approximate surface area is 172 Å². The van der Waals surface area contributed by atoms with Crippen LogP contribution in [0.1, 0.15) is 48.3 Å². The Hall–Kier alpha value is -2.58. The molecule has 0 radical (unpaired) electrons. The predicted octanol–water partition coefficient (Wildman–Crippen LogP) is 3.62. The molecule has 0 aliphatic heterocycles. The third-order valence-electron chi connectivity index (χ3n) is 4.32. The van der Waals surface area contributed by atoms with Gasteiger partial charge in [-0.25, -0.2) is 17.9 Å². The zero-order valence-electron chi connectivity index (χ0n) is 17.3. The number of benzene rings is 2. The fraction of sp³-hybridized carbons (Fsp3) is 0.381. The minimum Gasteiger partial charge on any atom is -0.490 e. The number of hydrogen-bond donors (Lipinski definition) is 1. The third kappa shape index (κ3) is 5.48. The molecule has 0 fully saturated rings. The summed E-state index contributed by atoms with van der Waals surface area (Å²) in [5.74, 6) is 0.580. The Morgan fingerprint density at radius 2 is 1.69 bits per heavy atom. The summed E-state index contributed by atoms with van der Waals surface area (Å²) < 4.78 is 44.2. The van der Waals surface area contributed by atoms with Crippen molar-refractivity contribution in [2.45, 2.75) is 38.6 Å². The van der Waals surface area contributed by atoms with Crippen LogP contribution >= 0.6 is 0 Å². The Morgan fingerprint density at radius 1 is 1.03 bits per heavy atom. The molecular weight excluding hydrogens is 394 g/mol.